The highest BCUT2D eigenvalue weighted by Crippen LogP contribution is 2.39. The second kappa shape index (κ2) is 4.07. The summed E-state index contributed by atoms with van der Waals surface area (Å²) >= 11 is 1.65. The van der Waals surface area contributed by atoms with E-state index in [4.69, 9.17) is 5.73 Å². The van der Waals surface area contributed by atoms with Gasteiger partial charge in [-0.2, -0.15) is 0 Å². The monoisotopic (exact) mass is 246 g/mol. The predicted molar refractivity (Wildman–Crippen MR) is 68.1 cm³/mol. The Morgan fingerprint density at radius 2 is 2.18 bits per heavy atom. The Morgan fingerprint density at radius 1 is 1.35 bits per heavy atom. The summed E-state index contributed by atoms with van der Waals surface area (Å²) in [5, 5.41) is 3.10. The molecule has 2 N–H and O–H groups in total. The SMILES string of the molecule is Cc1csc(Cc2nc(N)cc(C3CC3)n2)n1. The minimum absolute atomic E-state index is 0.574. The molecule has 0 amide bonds. The summed E-state index contributed by atoms with van der Waals surface area (Å²) in [5.41, 5.74) is 7.97. The molecular weight excluding hydrogens is 232 g/mol. The highest BCUT2D eigenvalue weighted by molar-refractivity contribution is 7.09. The first-order valence-electron chi connectivity index (χ1n) is 5.75. The van der Waals surface area contributed by atoms with Crippen molar-refractivity contribution in [1.29, 1.82) is 0 Å². The quantitative estimate of drug-likeness (QED) is 0.902. The summed E-state index contributed by atoms with van der Waals surface area (Å²) in [7, 11) is 0. The number of nitrogens with two attached hydrogens (primary N) is 1. The number of rotatable bonds is 3. The van der Waals surface area contributed by atoms with E-state index in [9.17, 15) is 0 Å². The smallest absolute Gasteiger partial charge is 0.137 e. The average Bonchev–Trinajstić information content (AvgIpc) is 3.03. The molecule has 2 heterocycles. The van der Waals surface area contributed by atoms with Gasteiger partial charge in [0, 0.05) is 28.8 Å². The Labute approximate surface area is 104 Å². The van der Waals surface area contributed by atoms with E-state index in [1.807, 2.05) is 18.4 Å². The van der Waals surface area contributed by atoms with E-state index < -0.39 is 0 Å². The Morgan fingerprint density at radius 3 is 2.82 bits per heavy atom. The topological polar surface area (TPSA) is 64.7 Å². The molecular formula is C12H14N4S. The molecule has 0 unspecified atom stereocenters. The Hall–Kier alpha value is -1.49. The number of anilines is 1. The van der Waals surface area contributed by atoms with Crippen LogP contribution in [0.15, 0.2) is 11.4 Å². The van der Waals surface area contributed by atoms with Crippen molar-refractivity contribution in [2.45, 2.75) is 32.1 Å². The average molecular weight is 246 g/mol. The van der Waals surface area contributed by atoms with E-state index >= 15 is 0 Å². The molecule has 2 aromatic rings. The lowest BCUT2D eigenvalue weighted by Crippen LogP contribution is -2.03. The maximum Gasteiger partial charge on any atom is 0.137 e. The van der Waals surface area contributed by atoms with Gasteiger partial charge in [0.1, 0.15) is 16.6 Å². The maximum absolute atomic E-state index is 5.82. The number of nitrogens with zero attached hydrogens (tertiary/aromatic N) is 3. The van der Waals surface area contributed by atoms with Crippen LogP contribution in [-0.4, -0.2) is 15.0 Å². The molecule has 5 heteroatoms. The van der Waals surface area contributed by atoms with Crippen LogP contribution in [0, 0.1) is 6.92 Å². The van der Waals surface area contributed by atoms with Crippen molar-refractivity contribution in [2.75, 3.05) is 5.73 Å². The van der Waals surface area contributed by atoms with Crippen molar-refractivity contribution in [1.82, 2.24) is 15.0 Å². The summed E-state index contributed by atoms with van der Waals surface area (Å²) in [5.74, 6) is 1.98. The van der Waals surface area contributed by atoms with Gasteiger partial charge in [-0.05, 0) is 19.8 Å². The minimum atomic E-state index is 0.574. The molecule has 0 bridgehead atoms. The number of hydrogen-bond donors (Lipinski definition) is 1. The lowest BCUT2D eigenvalue weighted by Gasteiger charge is -2.03. The van der Waals surface area contributed by atoms with Crippen LogP contribution in [0.3, 0.4) is 0 Å². The molecule has 4 nitrogen and oxygen atoms in total. The van der Waals surface area contributed by atoms with Crippen LogP contribution in [0.2, 0.25) is 0 Å². The third-order valence-corrected chi connectivity index (χ3v) is 3.75. The van der Waals surface area contributed by atoms with Gasteiger partial charge in [0.15, 0.2) is 0 Å². The number of aryl methyl sites for hydroxylation is 1. The molecule has 0 aliphatic heterocycles. The molecule has 2 aromatic heterocycles. The number of hydrogen-bond acceptors (Lipinski definition) is 5. The molecule has 1 fully saturated rings. The zero-order valence-corrected chi connectivity index (χ0v) is 10.5. The van der Waals surface area contributed by atoms with E-state index in [2.05, 4.69) is 15.0 Å². The van der Waals surface area contributed by atoms with Crippen LogP contribution in [0.4, 0.5) is 5.82 Å². The van der Waals surface area contributed by atoms with E-state index in [0.717, 1.165) is 22.2 Å². The molecule has 0 atom stereocenters. The third-order valence-electron chi connectivity index (χ3n) is 2.78. The van der Waals surface area contributed by atoms with Crippen molar-refractivity contribution < 1.29 is 0 Å². The second-order valence-electron chi connectivity index (χ2n) is 4.47. The van der Waals surface area contributed by atoms with Crippen LogP contribution in [0.25, 0.3) is 0 Å². The van der Waals surface area contributed by atoms with Gasteiger partial charge in [0.2, 0.25) is 0 Å². The van der Waals surface area contributed by atoms with E-state index in [-0.39, 0.29) is 0 Å². The lowest BCUT2D eigenvalue weighted by molar-refractivity contribution is 0.898. The Bertz CT molecular complexity index is 545. The summed E-state index contributed by atoms with van der Waals surface area (Å²) < 4.78 is 0. The fourth-order valence-corrected chi connectivity index (χ4v) is 2.59. The molecule has 0 saturated heterocycles. The first-order valence-corrected chi connectivity index (χ1v) is 6.63. The Balaban J connectivity index is 1.86. The molecule has 1 aliphatic carbocycles. The highest BCUT2D eigenvalue weighted by atomic mass is 32.1. The van der Waals surface area contributed by atoms with Crippen molar-refractivity contribution >= 4 is 17.2 Å². The van der Waals surface area contributed by atoms with Gasteiger partial charge >= 0.3 is 0 Å². The largest absolute Gasteiger partial charge is 0.384 e. The maximum atomic E-state index is 5.82. The third kappa shape index (κ3) is 2.44. The fourth-order valence-electron chi connectivity index (χ4n) is 1.83. The molecule has 1 saturated carbocycles. The van der Waals surface area contributed by atoms with Gasteiger partial charge in [-0.15, -0.1) is 11.3 Å². The fraction of sp³-hybridized carbons (Fsp3) is 0.417. The van der Waals surface area contributed by atoms with Crippen molar-refractivity contribution in [2.24, 2.45) is 0 Å². The normalized spacial score (nSPS) is 15.1. The number of nitrogen functional groups attached to an aromatic ring is 1. The number of aromatic nitrogens is 3. The minimum Gasteiger partial charge on any atom is -0.384 e. The van der Waals surface area contributed by atoms with E-state index in [0.29, 0.717) is 18.2 Å². The molecule has 3 rings (SSSR count). The van der Waals surface area contributed by atoms with Gasteiger partial charge in [0.05, 0.1) is 6.42 Å². The van der Waals surface area contributed by atoms with Crippen LogP contribution in [0.5, 0.6) is 0 Å². The first kappa shape index (κ1) is 10.7. The lowest BCUT2D eigenvalue weighted by atomic mass is 10.2. The summed E-state index contributed by atoms with van der Waals surface area (Å²) in [6.07, 6.45) is 3.14. The van der Waals surface area contributed by atoms with Gasteiger partial charge in [-0.1, -0.05) is 0 Å². The molecule has 17 heavy (non-hydrogen) atoms. The van der Waals surface area contributed by atoms with Gasteiger partial charge in [-0.3, -0.25) is 0 Å². The molecule has 0 aromatic carbocycles. The Kier molecular flexibility index (Phi) is 2.55. The standard InChI is InChI=1S/C12H14N4S/c1-7-6-17-12(14-7)5-11-15-9(8-2-3-8)4-10(13)16-11/h4,6,8H,2-3,5H2,1H3,(H2,13,15,16). The zero-order chi connectivity index (χ0) is 11.8. The highest BCUT2D eigenvalue weighted by Gasteiger charge is 2.25. The van der Waals surface area contributed by atoms with Crippen molar-refractivity contribution in [3.63, 3.8) is 0 Å². The molecule has 88 valence electrons. The van der Waals surface area contributed by atoms with Gasteiger partial charge in [-0.25, -0.2) is 15.0 Å². The summed E-state index contributed by atoms with van der Waals surface area (Å²) in [6.45, 7) is 2.00. The van der Waals surface area contributed by atoms with Gasteiger partial charge < -0.3 is 5.73 Å². The van der Waals surface area contributed by atoms with Crippen LogP contribution in [0.1, 0.15) is 41.0 Å². The second-order valence-corrected chi connectivity index (χ2v) is 5.41. The van der Waals surface area contributed by atoms with E-state index in [1.54, 1.807) is 11.3 Å². The zero-order valence-electron chi connectivity index (χ0n) is 9.68. The van der Waals surface area contributed by atoms with Crippen molar-refractivity contribution in [3.8, 4) is 0 Å². The van der Waals surface area contributed by atoms with E-state index in [1.165, 1.54) is 12.8 Å². The summed E-state index contributed by atoms with van der Waals surface area (Å²) in [4.78, 5) is 13.3. The predicted octanol–water partition coefficient (Wildman–Crippen LogP) is 2.29. The molecule has 0 radical (unpaired) electrons. The summed E-state index contributed by atoms with van der Waals surface area (Å²) in [6, 6.07) is 1.90. The first-order chi connectivity index (χ1) is 8.20. The molecule has 0 spiro atoms. The van der Waals surface area contributed by atoms with Crippen LogP contribution >= 0.6 is 11.3 Å². The van der Waals surface area contributed by atoms with Crippen molar-refractivity contribution in [3.05, 3.63) is 33.7 Å². The van der Waals surface area contributed by atoms with Crippen LogP contribution in [-0.2, 0) is 6.42 Å². The van der Waals surface area contributed by atoms with Crippen LogP contribution < -0.4 is 5.73 Å². The molecule has 1 aliphatic rings. The number of thiazole rings is 1. The van der Waals surface area contributed by atoms with Gasteiger partial charge in [0.25, 0.3) is 0 Å².